The molecule has 0 atom stereocenters. The number of carbonyl (C=O) groups excluding carboxylic acids is 1. The molecule has 3 heterocycles. The molecule has 0 radical (unpaired) electrons. The Labute approximate surface area is 161 Å². The van der Waals surface area contributed by atoms with Crippen LogP contribution in [0.15, 0.2) is 16.5 Å². The number of aromatic hydroxyl groups is 1. The number of aromatic nitrogens is 4. The molecule has 10 heteroatoms. The molecule has 28 heavy (non-hydrogen) atoms. The van der Waals surface area contributed by atoms with Crippen molar-refractivity contribution in [3.63, 3.8) is 0 Å². The third kappa shape index (κ3) is 4.16. The van der Waals surface area contributed by atoms with Gasteiger partial charge in [0, 0.05) is 0 Å². The van der Waals surface area contributed by atoms with E-state index >= 15 is 0 Å². The summed E-state index contributed by atoms with van der Waals surface area (Å²) in [6, 6.07) is 2.94. The van der Waals surface area contributed by atoms with Crippen LogP contribution in [0, 0.1) is 0 Å². The Balaban J connectivity index is 1.87. The van der Waals surface area contributed by atoms with Crippen molar-refractivity contribution in [2.24, 2.45) is 0 Å². The highest BCUT2D eigenvalue weighted by molar-refractivity contribution is 5.86. The second-order valence-corrected chi connectivity index (χ2v) is 6.48. The maximum absolute atomic E-state index is 11.9. The van der Waals surface area contributed by atoms with Crippen LogP contribution in [0.1, 0.15) is 49.9 Å². The van der Waals surface area contributed by atoms with Crippen LogP contribution >= 0.6 is 0 Å². The zero-order chi connectivity index (χ0) is 20.3. The number of ether oxygens (including phenoxy) is 2. The van der Waals surface area contributed by atoms with Crippen LogP contribution in [-0.4, -0.2) is 43.3 Å². The van der Waals surface area contributed by atoms with Crippen molar-refractivity contribution in [2.75, 3.05) is 12.3 Å². The van der Waals surface area contributed by atoms with Gasteiger partial charge in [-0.2, -0.15) is 15.0 Å². The molecule has 0 aliphatic rings. The number of carbonyl (C=O) groups is 1. The topological polar surface area (TPSA) is 139 Å². The molecule has 0 bridgehead atoms. The Bertz CT molecular complexity index is 978. The third-order valence-corrected chi connectivity index (χ3v) is 3.83. The van der Waals surface area contributed by atoms with Crippen molar-refractivity contribution in [1.82, 2.24) is 19.5 Å². The number of hydrogen-bond acceptors (Lipinski definition) is 9. The average Bonchev–Trinajstić information content (AvgIpc) is 3.21. The van der Waals surface area contributed by atoms with Gasteiger partial charge < -0.3 is 24.7 Å². The molecule has 0 amide bonds. The van der Waals surface area contributed by atoms with Crippen molar-refractivity contribution in [1.29, 1.82) is 0 Å². The fraction of sp³-hybridized carbons (Fsp3) is 0.444. The summed E-state index contributed by atoms with van der Waals surface area (Å²) in [6.45, 7) is 6.09. The van der Waals surface area contributed by atoms with Gasteiger partial charge in [-0.3, -0.25) is 4.57 Å². The Morgan fingerprint density at radius 1 is 1.32 bits per heavy atom. The summed E-state index contributed by atoms with van der Waals surface area (Å²) in [5, 5.41) is 10.2. The minimum Gasteiger partial charge on any atom is -0.480 e. The third-order valence-electron chi connectivity index (χ3n) is 3.83. The van der Waals surface area contributed by atoms with E-state index in [0.717, 1.165) is 12.8 Å². The molecule has 0 saturated carbocycles. The van der Waals surface area contributed by atoms with Gasteiger partial charge >= 0.3 is 12.0 Å². The number of fused-ring (bicyclic) bond motifs is 1. The Hall–Kier alpha value is -3.30. The quantitative estimate of drug-likeness (QED) is 0.439. The lowest BCUT2D eigenvalue weighted by Crippen LogP contribution is -2.10. The van der Waals surface area contributed by atoms with Gasteiger partial charge in [0.1, 0.15) is 5.76 Å². The second-order valence-electron chi connectivity index (χ2n) is 6.48. The number of anilines is 1. The molecule has 0 aliphatic heterocycles. The van der Waals surface area contributed by atoms with E-state index in [4.69, 9.17) is 19.6 Å². The molecule has 0 aromatic carbocycles. The van der Waals surface area contributed by atoms with E-state index in [1.807, 2.05) is 6.92 Å². The highest BCUT2D eigenvalue weighted by Crippen LogP contribution is 2.26. The van der Waals surface area contributed by atoms with Gasteiger partial charge in [-0.1, -0.05) is 13.3 Å². The Morgan fingerprint density at radius 2 is 2.11 bits per heavy atom. The lowest BCUT2D eigenvalue weighted by Gasteiger charge is -2.07. The summed E-state index contributed by atoms with van der Waals surface area (Å²) >= 11 is 0. The summed E-state index contributed by atoms with van der Waals surface area (Å²) in [5.41, 5.74) is 6.49. The maximum atomic E-state index is 11.9. The first kappa shape index (κ1) is 19.5. The van der Waals surface area contributed by atoms with E-state index in [9.17, 15) is 9.90 Å². The summed E-state index contributed by atoms with van der Waals surface area (Å²) in [4.78, 5) is 24.3. The van der Waals surface area contributed by atoms with E-state index in [1.165, 1.54) is 10.6 Å². The van der Waals surface area contributed by atoms with Crippen LogP contribution in [0.3, 0.4) is 0 Å². The van der Waals surface area contributed by atoms with Gasteiger partial charge in [0.15, 0.2) is 17.0 Å². The van der Waals surface area contributed by atoms with Crippen molar-refractivity contribution in [2.45, 2.75) is 46.3 Å². The highest BCUT2D eigenvalue weighted by Gasteiger charge is 2.19. The van der Waals surface area contributed by atoms with Gasteiger partial charge in [0.25, 0.3) is 6.01 Å². The molecule has 3 aromatic heterocycles. The molecule has 0 spiro atoms. The van der Waals surface area contributed by atoms with Crippen molar-refractivity contribution in [3.05, 3.63) is 23.7 Å². The molecule has 0 fully saturated rings. The number of esters is 1. The predicted octanol–water partition coefficient (Wildman–Crippen LogP) is 2.50. The first-order valence-corrected chi connectivity index (χ1v) is 9.04. The van der Waals surface area contributed by atoms with E-state index in [0.29, 0.717) is 18.0 Å². The number of nitrogen functional groups attached to an aromatic ring is 1. The van der Waals surface area contributed by atoms with E-state index < -0.39 is 5.97 Å². The Kier molecular flexibility index (Phi) is 5.67. The van der Waals surface area contributed by atoms with Crippen LogP contribution in [-0.2, 0) is 11.3 Å². The number of hydrogen-bond donors (Lipinski definition) is 2. The normalized spacial score (nSPS) is 11.3. The smallest absolute Gasteiger partial charge is 0.374 e. The molecule has 150 valence electrons. The minimum absolute atomic E-state index is 0.0744. The molecule has 0 aliphatic carbocycles. The van der Waals surface area contributed by atoms with E-state index in [2.05, 4.69) is 15.0 Å². The fourth-order valence-corrected chi connectivity index (χ4v) is 2.51. The zero-order valence-electron chi connectivity index (χ0n) is 16.0. The van der Waals surface area contributed by atoms with Gasteiger partial charge in [0.2, 0.25) is 5.76 Å². The summed E-state index contributed by atoms with van der Waals surface area (Å²) < 4.78 is 17.5. The molecular formula is C18H23N5O5. The SMILES string of the molecule is CCCCOc1nc(N)c2nc(O)n(Cc3ccc(C(=O)OC(C)C)o3)c2n1. The summed E-state index contributed by atoms with van der Waals surface area (Å²) in [5.74, 6) is 0.0339. The van der Waals surface area contributed by atoms with Crippen LogP contribution in [0.2, 0.25) is 0 Å². The predicted molar refractivity (Wildman–Crippen MR) is 100 cm³/mol. The lowest BCUT2D eigenvalue weighted by molar-refractivity contribution is 0.0339. The van der Waals surface area contributed by atoms with Crippen molar-refractivity contribution in [3.8, 4) is 12.0 Å². The zero-order valence-corrected chi connectivity index (χ0v) is 16.0. The molecule has 3 N–H and O–H groups in total. The maximum Gasteiger partial charge on any atom is 0.374 e. The molecule has 0 saturated heterocycles. The largest absolute Gasteiger partial charge is 0.480 e. The summed E-state index contributed by atoms with van der Waals surface area (Å²) in [6.07, 6.45) is 1.57. The van der Waals surface area contributed by atoms with Crippen LogP contribution < -0.4 is 10.5 Å². The van der Waals surface area contributed by atoms with Gasteiger partial charge in [0.05, 0.1) is 19.3 Å². The molecule has 3 aromatic rings. The highest BCUT2D eigenvalue weighted by atomic mass is 16.6. The lowest BCUT2D eigenvalue weighted by atomic mass is 10.4. The standard InChI is InChI=1S/C18H23N5O5/c1-4-5-8-26-17-21-14(19)13-15(22-17)23(18(25)20-13)9-11-6-7-12(28-11)16(24)27-10(2)3/h6-7,10H,4-5,8-9H2,1-3H3,(H,20,25)(H2,19,21,22). The average molecular weight is 389 g/mol. The molecule has 3 rings (SSSR count). The second kappa shape index (κ2) is 8.15. The van der Waals surface area contributed by atoms with Gasteiger partial charge in [-0.15, -0.1) is 0 Å². The first-order valence-electron chi connectivity index (χ1n) is 9.04. The number of nitrogens with zero attached hydrogens (tertiary/aromatic N) is 4. The van der Waals surface area contributed by atoms with E-state index in [1.54, 1.807) is 19.9 Å². The minimum atomic E-state index is -0.556. The van der Waals surface area contributed by atoms with Crippen LogP contribution in [0.25, 0.3) is 11.2 Å². The van der Waals surface area contributed by atoms with Crippen molar-refractivity contribution < 1.29 is 23.8 Å². The van der Waals surface area contributed by atoms with Crippen LogP contribution in [0.4, 0.5) is 5.82 Å². The first-order chi connectivity index (χ1) is 13.4. The number of imidazole rings is 1. The molecule has 10 nitrogen and oxygen atoms in total. The monoisotopic (exact) mass is 389 g/mol. The van der Waals surface area contributed by atoms with Gasteiger partial charge in [-0.25, -0.2) is 4.79 Å². The molecular weight excluding hydrogens is 366 g/mol. The Morgan fingerprint density at radius 3 is 2.82 bits per heavy atom. The van der Waals surface area contributed by atoms with Gasteiger partial charge in [-0.05, 0) is 32.4 Å². The number of rotatable bonds is 8. The molecule has 0 unspecified atom stereocenters. The van der Waals surface area contributed by atoms with Crippen LogP contribution in [0.5, 0.6) is 12.0 Å². The number of nitrogens with two attached hydrogens (primary N) is 1. The number of furan rings is 1. The van der Waals surface area contributed by atoms with E-state index in [-0.39, 0.29) is 41.8 Å². The fourth-order valence-electron chi connectivity index (χ4n) is 2.51. The summed E-state index contributed by atoms with van der Waals surface area (Å²) in [7, 11) is 0. The van der Waals surface area contributed by atoms with Crippen molar-refractivity contribution >= 4 is 23.0 Å². The number of unbranched alkanes of at least 4 members (excludes halogenated alkanes) is 1.